The highest BCUT2D eigenvalue weighted by Crippen LogP contribution is 2.31. The van der Waals surface area contributed by atoms with Gasteiger partial charge in [-0.3, -0.25) is 4.68 Å². The minimum absolute atomic E-state index is 0.118. The Morgan fingerprint density at radius 1 is 1.00 bits per heavy atom. The molecule has 1 fully saturated rings. The van der Waals surface area contributed by atoms with Crippen molar-refractivity contribution in [2.45, 2.75) is 44.2 Å². The molecule has 1 aromatic heterocycles. The van der Waals surface area contributed by atoms with Crippen molar-refractivity contribution in [1.29, 1.82) is 0 Å². The zero-order valence-corrected chi connectivity index (χ0v) is 11.1. The first-order chi connectivity index (χ1) is 9.36. The van der Waals surface area contributed by atoms with Crippen LogP contribution >= 0.6 is 0 Å². The maximum atomic E-state index is 10.3. The first-order valence-electron chi connectivity index (χ1n) is 7.13. The smallest absolute Gasteiger partial charge is 0.0785 e. The fraction of sp³-hybridized carbons (Fsp3) is 0.438. The van der Waals surface area contributed by atoms with Gasteiger partial charge < -0.3 is 5.11 Å². The number of aliphatic hydroxyl groups is 1. The van der Waals surface area contributed by atoms with E-state index in [1.54, 1.807) is 0 Å². The van der Waals surface area contributed by atoms with Gasteiger partial charge in [0.25, 0.3) is 0 Å². The Labute approximate surface area is 113 Å². The topological polar surface area (TPSA) is 38.0 Å². The fourth-order valence-electron chi connectivity index (χ4n) is 2.97. The van der Waals surface area contributed by atoms with Gasteiger partial charge in [0.15, 0.2) is 0 Å². The third kappa shape index (κ3) is 2.56. The van der Waals surface area contributed by atoms with Gasteiger partial charge in [0.05, 0.1) is 17.8 Å². The number of rotatable bonds is 2. The highest BCUT2D eigenvalue weighted by Gasteiger charge is 2.25. The van der Waals surface area contributed by atoms with Crippen LogP contribution in [0.5, 0.6) is 0 Å². The molecule has 1 saturated carbocycles. The van der Waals surface area contributed by atoms with Crippen LogP contribution in [0.2, 0.25) is 0 Å². The maximum Gasteiger partial charge on any atom is 0.0785 e. The molecular formula is C16H20N2O. The summed E-state index contributed by atoms with van der Waals surface area (Å²) in [4.78, 5) is 0. The van der Waals surface area contributed by atoms with Gasteiger partial charge in [-0.25, -0.2) is 0 Å². The van der Waals surface area contributed by atoms with Crippen LogP contribution in [-0.4, -0.2) is 21.0 Å². The quantitative estimate of drug-likeness (QED) is 0.836. The predicted molar refractivity (Wildman–Crippen MR) is 75.8 cm³/mol. The Morgan fingerprint density at radius 3 is 2.63 bits per heavy atom. The second kappa shape index (κ2) is 5.57. The normalized spacial score (nSPS) is 24.1. The van der Waals surface area contributed by atoms with Crippen molar-refractivity contribution in [3.63, 3.8) is 0 Å². The van der Waals surface area contributed by atoms with Crippen LogP contribution < -0.4 is 0 Å². The molecule has 0 spiro atoms. The lowest BCUT2D eigenvalue weighted by atomic mass is 10.1. The molecule has 2 unspecified atom stereocenters. The first kappa shape index (κ1) is 12.4. The van der Waals surface area contributed by atoms with E-state index in [1.807, 2.05) is 35.1 Å². The average Bonchev–Trinajstić information content (AvgIpc) is 2.83. The number of hydrogen-bond donors (Lipinski definition) is 1. The van der Waals surface area contributed by atoms with Crippen molar-refractivity contribution in [2.75, 3.05) is 0 Å². The zero-order chi connectivity index (χ0) is 13.1. The number of nitrogens with zero attached hydrogens (tertiary/aromatic N) is 2. The average molecular weight is 256 g/mol. The standard InChI is InChI=1S/C16H20N2O/c19-16-10-6-2-5-9-15(16)18-14(11-12-17-18)13-7-3-1-4-8-13/h1,3-4,7-8,11-12,15-16,19H,2,5-6,9-10H2. The van der Waals surface area contributed by atoms with Crippen LogP contribution in [0.3, 0.4) is 0 Å². The van der Waals surface area contributed by atoms with Crippen molar-refractivity contribution >= 4 is 0 Å². The highest BCUT2D eigenvalue weighted by molar-refractivity contribution is 5.59. The molecule has 3 rings (SSSR count). The van der Waals surface area contributed by atoms with E-state index in [0.29, 0.717) is 0 Å². The minimum Gasteiger partial charge on any atom is -0.391 e. The third-order valence-electron chi connectivity index (χ3n) is 4.00. The number of aliphatic hydroxyl groups excluding tert-OH is 1. The van der Waals surface area contributed by atoms with Crippen molar-refractivity contribution in [3.05, 3.63) is 42.6 Å². The van der Waals surface area contributed by atoms with Gasteiger partial charge in [-0.15, -0.1) is 0 Å². The molecule has 3 heteroatoms. The van der Waals surface area contributed by atoms with Gasteiger partial charge in [0.1, 0.15) is 0 Å². The number of aromatic nitrogens is 2. The minimum atomic E-state index is -0.273. The molecule has 19 heavy (non-hydrogen) atoms. The molecule has 0 radical (unpaired) electrons. The predicted octanol–water partition coefficient (Wildman–Crippen LogP) is 3.42. The summed E-state index contributed by atoms with van der Waals surface area (Å²) in [7, 11) is 0. The highest BCUT2D eigenvalue weighted by atomic mass is 16.3. The summed E-state index contributed by atoms with van der Waals surface area (Å²) in [5, 5.41) is 14.8. The van der Waals surface area contributed by atoms with Gasteiger partial charge in [-0.05, 0) is 24.5 Å². The summed E-state index contributed by atoms with van der Waals surface area (Å²) in [6.45, 7) is 0. The molecule has 1 N–H and O–H groups in total. The van der Waals surface area contributed by atoms with Crippen molar-refractivity contribution in [3.8, 4) is 11.3 Å². The Hall–Kier alpha value is -1.61. The second-order valence-corrected chi connectivity index (χ2v) is 5.30. The van der Waals surface area contributed by atoms with Crippen LogP contribution in [0.1, 0.15) is 38.1 Å². The van der Waals surface area contributed by atoms with E-state index in [1.165, 1.54) is 12.8 Å². The third-order valence-corrected chi connectivity index (χ3v) is 4.00. The van der Waals surface area contributed by atoms with Crippen molar-refractivity contribution < 1.29 is 5.11 Å². The molecule has 3 nitrogen and oxygen atoms in total. The SMILES string of the molecule is OC1CCCCCC1n1nccc1-c1ccccc1. The lowest BCUT2D eigenvalue weighted by molar-refractivity contribution is 0.0999. The summed E-state index contributed by atoms with van der Waals surface area (Å²) in [5.41, 5.74) is 2.27. The van der Waals surface area contributed by atoms with E-state index in [2.05, 4.69) is 17.2 Å². The molecule has 0 saturated heterocycles. The van der Waals surface area contributed by atoms with Gasteiger partial charge in [-0.2, -0.15) is 5.10 Å². The van der Waals surface area contributed by atoms with E-state index in [-0.39, 0.29) is 12.1 Å². The van der Waals surface area contributed by atoms with E-state index in [4.69, 9.17) is 0 Å². The van der Waals surface area contributed by atoms with Crippen molar-refractivity contribution in [1.82, 2.24) is 9.78 Å². The Morgan fingerprint density at radius 2 is 1.79 bits per heavy atom. The molecule has 2 aromatic rings. The van der Waals surface area contributed by atoms with E-state index in [9.17, 15) is 5.11 Å². The van der Waals surface area contributed by atoms with Gasteiger partial charge in [-0.1, -0.05) is 49.6 Å². The Bertz CT molecular complexity index is 521. The summed E-state index contributed by atoms with van der Waals surface area (Å²) >= 11 is 0. The van der Waals surface area contributed by atoms with Crippen LogP contribution in [-0.2, 0) is 0 Å². The lowest BCUT2D eigenvalue weighted by Crippen LogP contribution is -2.24. The van der Waals surface area contributed by atoms with Crippen LogP contribution in [0, 0.1) is 0 Å². The van der Waals surface area contributed by atoms with E-state index < -0.39 is 0 Å². The molecule has 100 valence electrons. The summed E-state index contributed by atoms with van der Waals surface area (Å²) in [6, 6.07) is 12.4. The molecule has 1 aromatic carbocycles. The second-order valence-electron chi connectivity index (χ2n) is 5.30. The van der Waals surface area contributed by atoms with E-state index in [0.717, 1.165) is 30.5 Å². The van der Waals surface area contributed by atoms with Crippen LogP contribution in [0.25, 0.3) is 11.3 Å². The number of hydrogen-bond acceptors (Lipinski definition) is 2. The lowest BCUT2D eigenvalue weighted by Gasteiger charge is -2.23. The molecule has 0 amide bonds. The molecule has 1 aliphatic rings. The van der Waals surface area contributed by atoms with Gasteiger partial charge in [0, 0.05) is 6.20 Å². The summed E-state index contributed by atoms with van der Waals surface area (Å²) in [6.07, 6.45) is 6.98. The molecule has 1 heterocycles. The summed E-state index contributed by atoms with van der Waals surface area (Å²) < 4.78 is 2.02. The van der Waals surface area contributed by atoms with E-state index >= 15 is 0 Å². The number of benzene rings is 1. The fourth-order valence-corrected chi connectivity index (χ4v) is 2.97. The molecule has 2 atom stereocenters. The molecule has 0 aliphatic heterocycles. The maximum absolute atomic E-state index is 10.3. The Kier molecular flexibility index (Phi) is 3.65. The van der Waals surface area contributed by atoms with Gasteiger partial charge in [0.2, 0.25) is 0 Å². The Balaban J connectivity index is 1.95. The zero-order valence-electron chi connectivity index (χ0n) is 11.1. The summed E-state index contributed by atoms with van der Waals surface area (Å²) in [5.74, 6) is 0. The van der Waals surface area contributed by atoms with Crippen LogP contribution in [0.4, 0.5) is 0 Å². The monoisotopic (exact) mass is 256 g/mol. The first-order valence-corrected chi connectivity index (χ1v) is 7.13. The molecule has 0 bridgehead atoms. The molecule has 1 aliphatic carbocycles. The van der Waals surface area contributed by atoms with Gasteiger partial charge >= 0.3 is 0 Å². The van der Waals surface area contributed by atoms with Crippen LogP contribution in [0.15, 0.2) is 42.6 Å². The largest absolute Gasteiger partial charge is 0.391 e. The molecular weight excluding hydrogens is 236 g/mol. The van der Waals surface area contributed by atoms with Crippen molar-refractivity contribution in [2.24, 2.45) is 0 Å².